The lowest BCUT2D eigenvalue weighted by Crippen LogP contribution is -2.40. The third-order valence-corrected chi connectivity index (χ3v) is 6.47. The van der Waals surface area contributed by atoms with Crippen molar-refractivity contribution in [3.8, 4) is 5.75 Å². The third kappa shape index (κ3) is 4.40. The number of carbonyl (C=O) groups excluding carboxylic acids is 1. The molecule has 1 saturated carbocycles. The predicted molar refractivity (Wildman–Crippen MR) is 121 cm³/mol. The maximum Gasteiger partial charge on any atom is 0.267 e. The van der Waals surface area contributed by atoms with Crippen molar-refractivity contribution >= 4 is 34.6 Å². The molecule has 4 nitrogen and oxygen atoms in total. The number of para-hydroxylation sites is 1. The van der Waals surface area contributed by atoms with Gasteiger partial charge in [-0.1, -0.05) is 49.6 Å². The van der Waals surface area contributed by atoms with E-state index in [0.717, 1.165) is 45.5 Å². The number of benzene rings is 2. The number of carbonyl (C=O) groups is 1. The second-order valence-electron chi connectivity index (χ2n) is 7.54. The van der Waals surface area contributed by atoms with Crippen LogP contribution in [0, 0.1) is 6.92 Å². The van der Waals surface area contributed by atoms with Gasteiger partial charge in [-0.15, -0.1) is 0 Å². The summed E-state index contributed by atoms with van der Waals surface area (Å²) in [7, 11) is 1.67. The van der Waals surface area contributed by atoms with Gasteiger partial charge in [-0.3, -0.25) is 9.69 Å². The first kappa shape index (κ1) is 19.8. The summed E-state index contributed by atoms with van der Waals surface area (Å²) >= 11 is 1.47. The average Bonchev–Trinajstić information content (AvgIpc) is 3.05. The van der Waals surface area contributed by atoms with E-state index in [1.807, 2.05) is 66.4 Å². The zero-order chi connectivity index (χ0) is 20.2. The highest BCUT2D eigenvalue weighted by atomic mass is 32.2. The highest BCUT2D eigenvalue weighted by molar-refractivity contribution is 8.18. The van der Waals surface area contributed by atoms with E-state index in [4.69, 9.17) is 9.73 Å². The first-order valence-corrected chi connectivity index (χ1v) is 11.0. The number of aliphatic imine (C=N–C) groups is 1. The minimum atomic E-state index is 0.0659. The summed E-state index contributed by atoms with van der Waals surface area (Å²) in [6, 6.07) is 16.1. The van der Waals surface area contributed by atoms with Crippen LogP contribution in [0.2, 0.25) is 0 Å². The van der Waals surface area contributed by atoms with Gasteiger partial charge in [-0.2, -0.15) is 0 Å². The van der Waals surface area contributed by atoms with E-state index >= 15 is 0 Å². The van der Waals surface area contributed by atoms with Gasteiger partial charge in [-0.05, 0) is 66.9 Å². The van der Waals surface area contributed by atoms with Crippen molar-refractivity contribution in [2.24, 2.45) is 4.99 Å². The molecule has 2 aromatic rings. The molecule has 1 aliphatic carbocycles. The molecule has 1 saturated heterocycles. The lowest BCUT2D eigenvalue weighted by Gasteiger charge is -2.30. The van der Waals surface area contributed by atoms with Gasteiger partial charge < -0.3 is 4.74 Å². The zero-order valence-electron chi connectivity index (χ0n) is 16.9. The average molecular weight is 407 g/mol. The Labute approximate surface area is 176 Å². The molecule has 0 radical (unpaired) electrons. The van der Waals surface area contributed by atoms with Crippen LogP contribution in [0.25, 0.3) is 6.08 Å². The van der Waals surface area contributed by atoms with Crippen LogP contribution in [-0.2, 0) is 4.79 Å². The van der Waals surface area contributed by atoms with Gasteiger partial charge >= 0.3 is 0 Å². The molecule has 0 aromatic heterocycles. The van der Waals surface area contributed by atoms with Crippen molar-refractivity contribution in [1.29, 1.82) is 0 Å². The molecule has 2 fully saturated rings. The smallest absolute Gasteiger partial charge is 0.267 e. The number of nitrogens with zero attached hydrogens (tertiary/aromatic N) is 2. The summed E-state index contributed by atoms with van der Waals surface area (Å²) in [4.78, 5) is 20.8. The van der Waals surface area contributed by atoms with E-state index < -0.39 is 0 Å². The van der Waals surface area contributed by atoms with Gasteiger partial charge in [0.2, 0.25) is 0 Å². The topological polar surface area (TPSA) is 41.9 Å². The molecular weight excluding hydrogens is 380 g/mol. The van der Waals surface area contributed by atoms with Gasteiger partial charge in [0.05, 0.1) is 17.7 Å². The van der Waals surface area contributed by atoms with Crippen molar-refractivity contribution in [3.05, 3.63) is 64.6 Å². The fraction of sp³-hybridized carbons (Fsp3) is 0.333. The third-order valence-electron chi connectivity index (χ3n) is 5.49. The van der Waals surface area contributed by atoms with Crippen molar-refractivity contribution in [2.45, 2.75) is 45.1 Å². The van der Waals surface area contributed by atoms with Crippen LogP contribution in [0.5, 0.6) is 5.75 Å². The van der Waals surface area contributed by atoms with E-state index in [9.17, 15) is 4.79 Å². The van der Waals surface area contributed by atoms with Crippen LogP contribution >= 0.6 is 11.8 Å². The van der Waals surface area contributed by atoms with Crippen molar-refractivity contribution in [2.75, 3.05) is 7.11 Å². The van der Waals surface area contributed by atoms with Gasteiger partial charge in [0.25, 0.3) is 5.91 Å². The van der Waals surface area contributed by atoms with Gasteiger partial charge in [0, 0.05) is 6.04 Å². The Kier molecular flexibility index (Phi) is 6.05. The summed E-state index contributed by atoms with van der Waals surface area (Å²) < 4.78 is 5.44. The predicted octanol–water partition coefficient (Wildman–Crippen LogP) is 5.94. The number of hydrogen-bond acceptors (Lipinski definition) is 4. The monoisotopic (exact) mass is 406 g/mol. The molecule has 29 heavy (non-hydrogen) atoms. The molecule has 2 aliphatic rings. The van der Waals surface area contributed by atoms with Crippen molar-refractivity contribution in [1.82, 2.24) is 4.90 Å². The Morgan fingerprint density at radius 1 is 1.10 bits per heavy atom. The van der Waals surface area contributed by atoms with E-state index in [2.05, 4.69) is 0 Å². The lowest BCUT2D eigenvalue weighted by atomic mass is 9.94. The van der Waals surface area contributed by atoms with Gasteiger partial charge in [0.15, 0.2) is 5.17 Å². The number of hydrogen-bond donors (Lipinski definition) is 0. The molecule has 1 heterocycles. The Balaban J connectivity index is 1.69. The lowest BCUT2D eigenvalue weighted by molar-refractivity contribution is -0.124. The summed E-state index contributed by atoms with van der Waals surface area (Å²) in [5, 5.41) is 0.790. The number of amidine groups is 1. The SMILES string of the molecule is COc1cc(/C=C2\SC(=Nc3ccccc3)N(C3CCCCC3)C2=O)ccc1C. The maximum atomic E-state index is 13.4. The fourth-order valence-electron chi connectivity index (χ4n) is 3.92. The van der Waals surface area contributed by atoms with Crippen LogP contribution in [0.15, 0.2) is 58.4 Å². The molecule has 1 amide bonds. The first-order chi connectivity index (χ1) is 14.2. The molecule has 0 spiro atoms. The Bertz CT molecular complexity index is 947. The second kappa shape index (κ2) is 8.87. The maximum absolute atomic E-state index is 13.4. The normalized spacial score (nSPS) is 20.6. The molecule has 0 unspecified atom stereocenters. The Morgan fingerprint density at radius 2 is 1.86 bits per heavy atom. The summed E-state index contributed by atoms with van der Waals surface area (Å²) in [5.74, 6) is 0.897. The fourth-order valence-corrected chi connectivity index (χ4v) is 4.98. The number of methoxy groups -OCH3 is 1. The van der Waals surface area contributed by atoms with E-state index in [-0.39, 0.29) is 11.9 Å². The minimum Gasteiger partial charge on any atom is -0.496 e. The summed E-state index contributed by atoms with van der Waals surface area (Å²) in [5.41, 5.74) is 2.92. The summed E-state index contributed by atoms with van der Waals surface area (Å²) in [6.45, 7) is 2.01. The molecule has 0 N–H and O–H groups in total. The largest absolute Gasteiger partial charge is 0.496 e. The van der Waals surface area contributed by atoms with Gasteiger partial charge in [0.1, 0.15) is 5.75 Å². The molecule has 2 aromatic carbocycles. The molecule has 0 atom stereocenters. The molecule has 0 bridgehead atoms. The Hall–Kier alpha value is -2.53. The standard InChI is InChI=1S/C24H26N2O2S/c1-17-13-14-18(15-21(17)28-2)16-22-23(27)26(20-11-7-4-8-12-20)24(29-22)25-19-9-5-3-6-10-19/h3,5-6,9-10,13-16,20H,4,7-8,11-12H2,1-2H3/b22-16-,25-24?. The van der Waals surface area contributed by atoms with Crippen molar-refractivity contribution in [3.63, 3.8) is 0 Å². The van der Waals surface area contributed by atoms with E-state index in [1.54, 1.807) is 7.11 Å². The van der Waals surface area contributed by atoms with Crippen LogP contribution < -0.4 is 4.74 Å². The summed E-state index contributed by atoms with van der Waals surface area (Å²) in [6.07, 6.45) is 7.65. The first-order valence-electron chi connectivity index (χ1n) is 10.2. The molecule has 1 aliphatic heterocycles. The van der Waals surface area contributed by atoms with Crippen molar-refractivity contribution < 1.29 is 9.53 Å². The van der Waals surface area contributed by atoms with Crippen LogP contribution in [0.1, 0.15) is 43.2 Å². The number of rotatable bonds is 4. The molecular formula is C24H26N2O2S. The van der Waals surface area contributed by atoms with E-state index in [0.29, 0.717) is 0 Å². The molecule has 150 valence electrons. The number of ether oxygens (including phenoxy) is 1. The van der Waals surface area contributed by atoms with Crippen LogP contribution in [-0.4, -0.2) is 29.1 Å². The Morgan fingerprint density at radius 3 is 2.59 bits per heavy atom. The van der Waals surface area contributed by atoms with E-state index in [1.165, 1.54) is 31.0 Å². The molecule has 4 rings (SSSR count). The zero-order valence-corrected chi connectivity index (χ0v) is 17.7. The van der Waals surface area contributed by atoms with Gasteiger partial charge in [-0.25, -0.2) is 4.99 Å². The quantitative estimate of drug-likeness (QED) is 0.590. The van der Waals surface area contributed by atoms with Crippen LogP contribution in [0.4, 0.5) is 5.69 Å². The minimum absolute atomic E-state index is 0.0659. The molecule has 5 heteroatoms. The second-order valence-corrected chi connectivity index (χ2v) is 8.55. The highest BCUT2D eigenvalue weighted by Gasteiger charge is 2.38. The number of thioether (sulfide) groups is 1. The van der Waals surface area contributed by atoms with Crippen LogP contribution in [0.3, 0.4) is 0 Å². The highest BCUT2D eigenvalue weighted by Crippen LogP contribution is 2.38. The number of amides is 1. The number of aryl methyl sites for hydroxylation is 1.